The lowest BCUT2D eigenvalue weighted by atomic mass is 10.2. The lowest BCUT2D eigenvalue weighted by Gasteiger charge is -1.78. The first-order valence-electron chi connectivity index (χ1n) is 3.11. The molecule has 1 aromatic heterocycles. The fourth-order valence-electron chi connectivity index (χ4n) is 1.36. The lowest BCUT2D eigenvalue weighted by Crippen LogP contribution is -1.68. The van der Waals surface area contributed by atoms with E-state index in [0.29, 0.717) is 0 Å². The summed E-state index contributed by atoms with van der Waals surface area (Å²) in [5, 5.41) is 0. The van der Waals surface area contributed by atoms with Crippen molar-refractivity contribution >= 4 is 0 Å². The Hall–Kier alpha value is -0.720. The van der Waals surface area contributed by atoms with E-state index >= 15 is 0 Å². The van der Waals surface area contributed by atoms with E-state index in [1.165, 1.54) is 30.4 Å². The Kier molecular flexibility index (Phi) is 0.720. The molecule has 2 rings (SSSR count). The highest BCUT2D eigenvalue weighted by Crippen LogP contribution is 2.19. The van der Waals surface area contributed by atoms with Gasteiger partial charge in [0, 0.05) is 12.4 Å². The van der Waals surface area contributed by atoms with Gasteiger partial charge in [-0.1, -0.05) is 0 Å². The van der Waals surface area contributed by atoms with Gasteiger partial charge in [0.25, 0.3) is 0 Å². The van der Waals surface area contributed by atoms with Crippen molar-refractivity contribution in [1.82, 2.24) is 4.98 Å². The third-order valence-corrected chi connectivity index (χ3v) is 1.82. The Morgan fingerprint density at radius 2 is 1.75 bits per heavy atom. The zero-order valence-electron chi connectivity index (χ0n) is 4.78. The summed E-state index contributed by atoms with van der Waals surface area (Å²) in [4.78, 5) is 3.10. The molecule has 0 radical (unpaired) electrons. The first-order chi connectivity index (χ1) is 3.97. The van der Waals surface area contributed by atoms with Gasteiger partial charge in [-0.05, 0) is 30.4 Å². The fraction of sp³-hybridized carbons (Fsp3) is 0.429. The Bertz CT molecular complexity index is 170. The van der Waals surface area contributed by atoms with Crippen LogP contribution >= 0.6 is 0 Å². The molecule has 8 heavy (non-hydrogen) atoms. The Labute approximate surface area is 48.7 Å². The molecular formula is C7H9N. The minimum absolute atomic E-state index is 1.29. The number of H-pyrrole nitrogens is 1. The summed E-state index contributed by atoms with van der Waals surface area (Å²) in [5.41, 5.74) is 3.06. The van der Waals surface area contributed by atoms with Crippen molar-refractivity contribution in [1.29, 1.82) is 0 Å². The number of hydrogen-bond donors (Lipinski definition) is 1. The van der Waals surface area contributed by atoms with Crippen molar-refractivity contribution in [3.05, 3.63) is 23.5 Å². The van der Waals surface area contributed by atoms with Crippen LogP contribution in [0.4, 0.5) is 0 Å². The van der Waals surface area contributed by atoms with Gasteiger partial charge in [0.05, 0.1) is 0 Å². The van der Waals surface area contributed by atoms with E-state index in [1.807, 2.05) is 0 Å². The van der Waals surface area contributed by atoms with Gasteiger partial charge >= 0.3 is 0 Å². The molecule has 0 atom stereocenters. The molecule has 0 aliphatic heterocycles. The van der Waals surface area contributed by atoms with Crippen LogP contribution < -0.4 is 0 Å². The normalized spacial score (nSPS) is 16.5. The number of rotatable bonds is 0. The molecule has 1 N–H and O–H groups in total. The van der Waals surface area contributed by atoms with Gasteiger partial charge in [0.1, 0.15) is 0 Å². The van der Waals surface area contributed by atoms with E-state index in [4.69, 9.17) is 0 Å². The molecule has 1 nitrogen and oxygen atoms in total. The van der Waals surface area contributed by atoms with Gasteiger partial charge in [-0.3, -0.25) is 0 Å². The molecule has 0 unspecified atom stereocenters. The first kappa shape index (κ1) is 4.19. The number of aromatic nitrogens is 1. The molecule has 1 heteroatoms. The second-order valence-electron chi connectivity index (χ2n) is 2.36. The summed E-state index contributed by atoms with van der Waals surface area (Å²) < 4.78 is 0. The molecule has 0 spiro atoms. The van der Waals surface area contributed by atoms with Crippen LogP contribution in [-0.4, -0.2) is 4.98 Å². The zero-order chi connectivity index (χ0) is 5.40. The van der Waals surface area contributed by atoms with Gasteiger partial charge in [-0.15, -0.1) is 0 Å². The average Bonchev–Trinajstić information content (AvgIpc) is 2.15. The SMILES string of the molecule is c1[nH]cc2c1CCC2. The van der Waals surface area contributed by atoms with E-state index < -0.39 is 0 Å². The van der Waals surface area contributed by atoms with Crippen LogP contribution in [0.5, 0.6) is 0 Å². The average molecular weight is 107 g/mol. The monoisotopic (exact) mass is 107 g/mol. The summed E-state index contributed by atoms with van der Waals surface area (Å²) in [5.74, 6) is 0. The Morgan fingerprint density at radius 1 is 1.12 bits per heavy atom. The van der Waals surface area contributed by atoms with Gasteiger partial charge < -0.3 is 4.98 Å². The van der Waals surface area contributed by atoms with E-state index in [9.17, 15) is 0 Å². The van der Waals surface area contributed by atoms with Crippen LogP contribution in [0.15, 0.2) is 12.4 Å². The second-order valence-corrected chi connectivity index (χ2v) is 2.36. The van der Waals surface area contributed by atoms with Gasteiger partial charge in [0.2, 0.25) is 0 Å². The van der Waals surface area contributed by atoms with Gasteiger partial charge in [0.15, 0.2) is 0 Å². The largest absolute Gasteiger partial charge is 0.367 e. The molecular weight excluding hydrogens is 98.1 g/mol. The fourth-order valence-corrected chi connectivity index (χ4v) is 1.36. The van der Waals surface area contributed by atoms with Crippen LogP contribution in [0.3, 0.4) is 0 Å². The summed E-state index contributed by atoms with van der Waals surface area (Å²) in [6.45, 7) is 0. The molecule has 0 saturated heterocycles. The van der Waals surface area contributed by atoms with Gasteiger partial charge in [-0.25, -0.2) is 0 Å². The highest BCUT2D eigenvalue weighted by atomic mass is 14.6. The summed E-state index contributed by atoms with van der Waals surface area (Å²) in [6.07, 6.45) is 8.17. The minimum Gasteiger partial charge on any atom is -0.367 e. The van der Waals surface area contributed by atoms with Gasteiger partial charge in [-0.2, -0.15) is 0 Å². The molecule has 1 aromatic rings. The lowest BCUT2D eigenvalue weighted by molar-refractivity contribution is 0.902. The third kappa shape index (κ3) is 0.414. The molecule has 0 aromatic carbocycles. The maximum Gasteiger partial charge on any atom is 0.00402 e. The Balaban J connectivity index is 2.54. The maximum absolute atomic E-state index is 3.10. The quantitative estimate of drug-likeness (QED) is 0.517. The number of aromatic amines is 1. The zero-order valence-corrected chi connectivity index (χ0v) is 4.78. The number of nitrogens with one attached hydrogen (secondary N) is 1. The van der Waals surface area contributed by atoms with Crippen molar-refractivity contribution < 1.29 is 0 Å². The number of fused-ring (bicyclic) bond motifs is 1. The van der Waals surface area contributed by atoms with E-state index in [0.717, 1.165) is 0 Å². The van der Waals surface area contributed by atoms with Crippen LogP contribution in [0.2, 0.25) is 0 Å². The minimum atomic E-state index is 1.29. The molecule has 0 saturated carbocycles. The molecule has 1 heterocycles. The van der Waals surface area contributed by atoms with E-state index in [2.05, 4.69) is 17.4 Å². The predicted octanol–water partition coefficient (Wildman–Crippen LogP) is 1.50. The van der Waals surface area contributed by atoms with Crippen LogP contribution in [0.25, 0.3) is 0 Å². The molecule has 0 fully saturated rings. The van der Waals surface area contributed by atoms with Crippen LogP contribution in [0.1, 0.15) is 17.5 Å². The molecule has 0 amide bonds. The summed E-state index contributed by atoms with van der Waals surface area (Å²) in [6, 6.07) is 0. The van der Waals surface area contributed by atoms with Crippen LogP contribution in [0, 0.1) is 0 Å². The highest BCUT2D eigenvalue weighted by molar-refractivity contribution is 5.27. The third-order valence-electron chi connectivity index (χ3n) is 1.82. The van der Waals surface area contributed by atoms with Crippen molar-refractivity contribution in [3.63, 3.8) is 0 Å². The van der Waals surface area contributed by atoms with Crippen molar-refractivity contribution in [2.24, 2.45) is 0 Å². The van der Waals surface area contributed by atoms with E-state index in [-0.39, 0.29) is 0 Å². The topological polar surface area (TPSA) is 15.8 Å². The second kappa shape index (κ2) is 1.38. The van der Waals surface area contributed by atoms with Crippen molar-refractivity contribution in [2.45, 2.75) is 19.3 Å². The summed E-state index contributed by atoms with van der Waals surface area (Å²) >= 11 is 0. The standard InChI is InChI=1S/C7H9N/c1-2-6-4-8-5-7(6)3-1/h4-5,8H,1-3H2. The summed E-state index contributed by atoms with van der Waals surface area (Å²) in [7, 11) is 0. The molecule has 1 aliphatic rings. The van der Waals surface area contributed by atoms with Crippen molar-refractivity contribution in [2.75, 3.05) is 0 Å². The van der Waals surface area contributed by atoms with E-state index in [1.54, 1.807) is 0 Å². The predicted molar refractivity (Wildman–Crippen MR) is 32.8 cm³/mol. The number of hydrogen-bond acceptors (Lipinski definition) is 0. The van der Waals surface area contributed by atoms with Crippen molar-refractivity contribution in [3.8, 4) is 0 Å². The molecule has 0 bridgehead atoms. The Morgan fingerprint density at radius 3 is 2.38 bits per heavy atom. The smallest absolute Gasteiger partial charge is 0.00402 e. The van der Waals surface area contributed by atoms with Crippen LogP contribution in [-0.2, 0) is 12.8 Å². The highest BCUT2D eigenvalue weighted by Gasteiger charge is 2.09. The maximum atomic E-state index is 3.10. The number of aryl methyl sites for hydroxylation is 2. The molecule has 1 aliphatic carbocycles. The molecule has 42 valence electrons. The first-order valence-corrected chi connectivity index (χ1v) is 3.11.